The summed E-state index contributed by atoms with van der Waals surface area (Å²) < 4.78 is 0. The van der Waals surface area contributed by atoms with Gasteiger partial charge in [0.25, 0.3) is 0 Å². The molecule has 1 fully saturated rings. The van der Waals surface area contributed by atoms with Crippen molar-refractivity contribution in [1.29, 1.82) is 0 Å². The van der Waals surface area contributed by atoms with Crippen LogP contribution in [-0.2, 0) is 6.42 Å². The summed E-state index contributed by atoms with van der Waals surface area (Å²) in [6.45, 7) is 2.01. The van der Waals surface area contributed by atoms with E-state index in [1.165, 1.54) is 4.88 Å². The smallest absolute Gasteiger partial charge is 0.0896 e. The summed E-state index contributed by atoms with van der Waals surface area (Å²) in [5, 5.41) is 10.7. The monoisotopic (exact) mass is 183 g/mol. The minimum Gasteiger partial charge on any atom is -0.390 e. The molecule has 66 valence electrons. The summed E-state index contributed by atoms with van der Waals surface area (Å²) in [6, 6.07) is 0. The number of aryl methyl sites for hydroxylation is 2. The zero-order valence-electron chi connectivity index (χ0n) is 7.21. The van der Waals surface area contributed by atoms with Crippen LogP contribution in [0.1, 0.15) is 29.1 Å². The van der Waals surface area contributed by atoms with Crippen molar-refractivity contribution in [1.82, 2.24) is 4.98 Å². The van der Waals surface area contributed by atoms with Gasteiger partial charge < -0.3 is 5.11 Å². The predicted octanol–water partition coefficient (Wildman–Crippen LogP) is 1.91. The molecule has 1 heterocycles. The molecule has 1 aliphatic carbocycles. The molecule has 0 spiro atoms. The van der Waals surface area contributed by atoms with Crippen LogP contribution in [-0.4, -0.2) is 15.7 Å². The Hall–Kier alpha value is -0.410. The zero-order chi connectivity index (χ0) is 8.60. The highest BCUT2D eigenvalue weighted by Crippen LogP contribution is 2.39. The molecule has 0 radical (unpaired) electrons. The molecule has 0 bridgehead atoms. The van der Waals surface area contributed by atoms with Crippen LogP contribution in [0, 0.1) is 6.92 Å². The first kappa shape index (κ1) is 8.20. The fraction of sp³-hybridized carbons (Fsp3) is 0.667. The molecule has 1 aromatic rings. The van der Waals surface area contributed by atoms with Gasteiger partial charge in [-0.2, -0.15) is 0 Å². The molecule has 3 heteroatoms. The summed E-state index contributed by atoms with van der Waals surface area (Å²) >= 11 is 1.73. The Kier molecular flexibility index (Phi) is 1.93. The maximum Gasteiger partial charge on any atom is 0.0896 e. The van der Waals surface area contributed by atoms with E-state index < -0.39 is 0 Å². The lowest BCUT2D eigenvalue weighted by atomic mass is 10.1. The molecule has 0 aromatic carbocycles. The number of nitrogens with zero attached hydrogens (tertiary/aromatic N) is 1. The lowest BCUT2D eigenvalue weighted by Gasteiger charge is -2.03. The van der Waals surface area contributed by atoms with Crippen molar-refractivity contribution >= 4 is 11.3 Å². The quantitative estimate of drug-likeness (QED) is 0.776. The minimum atomic E-state index is -0.308. The second-order valence-electron chi connectivity index (χ2n) is 3.57. The van der Waals surface area contributed by atoms with Gasteiger partial charge in [0.2, 0.25) is 0 Å². The lowest BCUT2D eigenvalue weighted by molar-refractivity contribution is 0.141. The van der Waals surface area contributed by atoms with E-state index in [1.807, 2.05) is 13.1 Å². The zero-order valence-corrected chi connectivity index (χ0v) is 8.02. The van der Waals surface area contributed by atoms with Crippen LogP contribution in [0.5, 0.6) is 0 Å². The number of aliphatic hydroxyl groups is 1. The van der Waals surface area contributed by atoms with Gasteiger partial charge in [-0.3, -0.25) is 0 Å². The van der Waals surface area contributed by atoms with Crippen molar-refractivity contribution in [3.05, 3.63) is 16.1 Å². The molecular weight excluding hydrogens is 170 g/mol. The third kappa shape index (κ3) is 1.84. The second-order valence-corrected chi connectivity index (χ2v) is 4.89. The molecule has 2 rings (SSSR count). The highest BCUT2D eigenvalue weighted by molar-refractivity contribution is 7.11. The van der Waals surface area contributed by atoms with Crippen molar-refractivity contribution in [2.75, 3.05) is 0 Å². The standard InChI is InChI=1S/C9H13NOS/c1-7-10-6-8(12-7)2-3-9(11)4-5-9/h6,11H,2-5H2,1H3. The van der Waals surface area contributed by atoms with Crippen LogP contribution < -0.4 is 0 Å². The summed E-state index contributed by atoms with van der Waals surface area (Å²) in [5.41, 5.74) is -0.308. The van der Waals surface area contributed by atoms with E-state index in [0.29, 0.717) is 0 Å². The topological polar surface area (TPSA) is 33.1 Å². The van der Waals surface area contributed by atoms with E-state index in [0.717, 1.165) is 30.7 Å². The van der Waals surface area contributed by atoms with Crippen LogP contribution in [0.25, 0.3) is 0 Å². The van der Waals surface area contributed by atoms with Gasteiger partial charge in [0.05, 0.1) is 10.6 Å². The van der Waals surface area contributed by atoms with E-state index in [-0.39, 0.29) is 5.60 Å². The van der Waals surface area contributed by atoms with E-state index in [9.17, 15) is 5.11 Å². The van der Waals surface area contributed by atoms with Gasteiger partial charge in [0.1, 0.15) is 0 Å². The van der Waals surface area contributed by atoms with E-state index in [2.05, 4.69) is 4.98 Å². The highest BCUT2D eigenvalue weighted by atomic mass is 32.1. The normalized spacial score (nSPS) is 19.5. The van der Waals surface area contributed by atoms with Crippen molar-refractivity contribution in [3.63, 3.8) is 0 Å². The molecule has 0 saturated heterocycles. The van der Waals surface area contributed by atoms with E-state index >= 15 is 0 Å². The number of hydrogen-bond donors (Lipinski definition) is 1. The Labute approximate surface area is 76.3 Å². The van der Waals surface area contributed by atoms with Gasteiger partial charge in [0, 0.05) is 11.1 Å². The number of thiazole rings is 1. The largest absolute Gasteiger partial charge is 0.390 e. The Morgan fingerprint density at radius 1 is 1.67 bits per heavy atom. The van der Waals surface area contributed by atoms with Crippen molar-refractivity contribution in [2.24, 2.45) is 0 Å². The van der Waals surface area contributed by atoms with Gasteiger partial charge >= 0.3 is 0 Å². The van der Waals surface area contributed by atoms with Crippen molar-refractivity contribution < 1.29 is 5.11 Å². The van der Waals surface area contributed by atoms with Crippen LogP contribution in [0.3, 0.4) is 0 Å². The average molecular weight is 183 g/mol. The SMILES string of the molecule is Cc1ncc(CCC2(O)CC2)s1. The number of aromatic nitrogens is 1. The average Bonchev–Trinajstić information content (AvgIpc) is 2.60. The molecule has 0 amide bonds. The molecule has 1 aromatic heterocycles. The van der Waals surface area contributed by atoms with Crippen LogP contribution in [0.2, 0.25) is 0 Å². The Balaban J connectivity index is 1.87. The molecule has 0 atom stereocenters. The minimum absolute atomic E-state index is 0.308. The van der Waals surface area contributed by atoms with Crippen molar-refractivity contribution in [2.45, 2.75) is 38.2 Å². The maximum absolute atomic E-state index is 9.58. The summed E-state index contributed by atoms with van der Waals surface area (Å²) in [5.74, 6) is 0. The third-order valence-corrected chi connectivity index (χ3v) is 3.31. The first-order chi connectivity index (χ1) is 5.68. The molecule has 0 aliphatic heterocycles. The maximum atomic E-state index is 9.58. The van der Waals surface area contributed by atoms with Gasteiger partial charge in [-0.15, -0.1) is 11.3 Å². The summed E-state index contributed by atoms with van der Waals surface area (Å²) in [6.07, 6.45) is 5.80. The first-order valence-electron chi connectivity index (χ1n) is 4.32. The van der Waals surface area contributed by atoms with Gasteiger partial charge in [-0.1, -0.05) is 0 Å². The van der Waals surface area contributed by atoms with Crippen molar-refractivity contribution in [3.8, 4) is 0 Å². The fourth-order valence-corrected chi connectivity index (χ4v) is 2.07. The Morgan fingerprint density at radius 3 is 2.92 bits per heavy atom. The van der Waals surface area contributed by atoms with Crippen LogP contribution in [0.15, 0.2) is 6.20 Å². The molecule has 1 aliphatic rings. The molecule has 1 saturated carbocycles. The number of hydrogen-bond acceptors (Lipinski definition) is 3. The Morgan fingerprint density at radius 2 is 2.42 bits per heavy atom. The predicted molar refractivity (Wildman–Crippen MR) is 49.4 cm³/mol. The highest BCUT2D eigenvalue weighted by Gasteiger charge is 2.39. The summed E-state index contributed by atoms with van der Waals surface area (Å²) in [7, 11) is 0. The molecule has 12 heavy (non-hydrogen) atoms. The van der Waals surface area contributed by atoms with Crippen LogP contribution in [0.4, 0.5) is 0 Å². The molecule has 1 N–H and O–H groups in total. The molecular formula is C9H13NOS. The summed E-state index contributed by atoms with van der Waals surface area (Å²) in [4.78, 5) is 5.47. The molecule has 2 nitrogen and oxygen atoms in total. The number of rotatable bonds is 3. The van der Waals surface area contributed by atoms with Gasteiger partial charge in [0.15, 0.2) is 0 Å². The van der Waals surface area contributed by atoms with E-state index in [4.69, 9.17) is 0 Å². The van der Waals surface area contributed by atoms with Gasteiger partial charge in [-0.25, -0.2) is 4.98 Å². The fourth-order valence-electron chi connectivity index (χ4n) is 1.27. The second kappa shape index (κ2) is 2.82. The van der Waals surface area contributed by atoms with Gasteiger partial charge in [-0.05, 0) is 32.6 Å². The van der Waals surface area contributed by atoms with Crippen LogP contribution >= 0.6 is 11.3 Å². The first-order valence-corrected chi connectivity index (χ1v) is 5.13. The van der Waals surface area contributed by atoms with E-state index in [1.54, 1.807) is 11.3 Å². The lowest BCUT2D eigenvalue weighted by Crippen LogP contribution is -2.06. The third-order valence-electron chi connectivity index (χ3n) is 2.33. The Bertz CT molecular complexity index is 278. The molecule has 0 unspecified atom stereocenters.